The molecule has 1 aliphatic heterocycles. The summed E-state index contributed by atoms with van der Waals surface area (Å²) in [5.41, 5.74) is 8.17. The lowest BCUT2D eigenvalue weighted by Crippen LogP contribution is -2.46. The second kappa shape index (κ2) is 7.04. The van der Waals surface area contributed by atoms with Gasteiger partial charge in [-0.1, -0.05) is 20.8 Å². The average molecular weight is 276 g/mol. The fraction of sp³-hybridized carbons (Fsp3) is 0.688. The Morgan fingerprint density at radius 2 is 1.90 bits per heavy atom. The van der Waals surface area contributed by atoms with Gasteiger partial charge in [0.05, 0.1) is 0 Å². The zero-order valence-electron chi connectivity index (χ0n) is 13.1. The zero-order chi connectivity index (χ0) is 14.5. The van der Waals surface area contributed by atoms with Crippen molar-refractivity contribution in [1.82, 2.24) is 9.88 Å². The number of hydrogen-bond donors (Lipinski definition) is 1. The fourth-order valence-corrected chi connectivity index (χ4v) is 2.69. The maximum absolute atomic E-state index is 5.82. The Morgan fingerprint density at radius 3 is 2.45 bits per heavy atom. The van der Waals surface area contributed by atoms with Crippen molar-refractivity contribution in [2.24, 2.45) is 5.73 Å². The summed E-state index contributed by atoms with van der Waals surface area (Å²) in [6.45, 7) is 12.8. The van der Waals surface area contributed by atoms with E-state index >= 15 is 0 Å². The number of nitrogens with zero attached hydrogens (tertiary/aromatic N) is 3. The van der Waals surface area contributed by atoms with Gasteiger partial charge in [-0.3, -0.25) is 4.90 Å². The number of nitrogens with two attached hydrogens (primary N) is 1. The van der Waals surface area contributed by atoms with E-state index in [0.717, 1.165) is 37.7 Å². The number of anilines is 1. The van der Waals surface area contributed by atoms with Gasteiger partial charge in [-0.25, -0.2) is 4.98 Å². The molecule has 20 heavy (non-hydrogen) atoms. The molecule has 4 heteroatoms. The molecule has 112 valence electrons. The molecule has 0 radical (unpaired) electrons. The van der Waals surface area contributed by atoms with E-state index < -0.39 is 0 Å². The van der Waals surface area contributed by atoms with Crippen molar-refractivity contribution in [2.75, 3.05) is 37.6 Å². The van der Waals surface area contributed by atoms with Gasteiger partial charge < -0.3 is 10.6 Å². The van der Waals surface area contributed by atoms with E-state index in [4.69, 9.17) is 10.7 Å². The van der Waals surface area contributed by atoms with E-state index in [0.29, 0.717) is 12.5 Å². The van der Waals surface area contributed by atoms with E-state index in [1.807, 2.05) is 0 Å². The molecule has 1 fully saturated rings. The third-order valence-corrected chi connectivity index (χ3v) is 3.95. The predicted octanol–water partition coefficient (Wildman–Crippen LogP) is 2.20. The number of piperazine rings is 1. The first-order chi connectivity index (χ1) is 9.63. The molecule has 1 aromatic rings. The Balaban J connectivity index is 2.10. The standard InChI is InChI=1S/C16H28N4/c1-4-5-19-6-8-20(9-7-19)16-11-14(12-17)10-15(18-16)13(2)3/h10-11,13H,4-9,12,17H2,1-3H3. The van der Waals surface area contributed by atoms with Crippen LogP contribution in [0, 0.1) is 0 Å². The van der Waals surface area contributed by atoms with Crippen molar-refractivity contribution in [3.63, 3.8) is 0 Å². The Kier molecular flexibility index (Phi) is 5.38. The third kappa shape index (κ3) is 3.70. The smallest absolute Gasteiger partial charge is 0.129 e. The third-order valence-electron chi connectivity index (χ3n) is 3.95. The SMILES string of the molecule is CCCN1CCN(c2cc(CN)cc(C(C)C)n2)CC1. The van der Waals surface area contributed by atoms with Gasteiger partial charge >= 0.3 is 0 Å². The molecular weight excluding hydrogens is 248 g/mol. The van der Waals surface area contributed by atoms with Crippen LogP contribution in [0.5, 0.6) is 0 Å². The summed E-state index contributed by atoms with van der Waals surface area (Å²) in [5.74, 6) is 1.55. The molecule has 1 aliphatic rings. The molecular formula is C16H28N4. The highest BCUT2D eigenvalue weighted by atomic mass is 15.3. The highest BCUT2D eigenvalue weighted by Crippen LogP contribution is 2.21. The maximum atomic E-state index is 5.82. The molecule has 0 atom stereocenters. The van der Waals surface area contributed by atoms with Gasteiger partial charge in [0, 0.05) is 38.4 Å². The lowest BCUT2D eigenvalue weighted by Gasteiger charge is -2.35. The molecule has 0 saturated carbocycles. The topological polar surface area (TPSA) is 45.4 Å². The highest BCUT2D eigenvalue weighted by molar-refractivity contribution is 5.44. The van der Waals surface area contributed by atoms with Gasteiger partial charge in [0.15, 0.2) is 0 Å². The largest absolute Gasteiger partial charge is 0.354 e. The Hall–Kier alpha value is -1.13. The van der Waals surface area contributed by atoms with E-state index in [2.05, 4.69) is 42.7 Å². The van der Waals surface area contributed by atoms with Gasteiger partial charge in [-0.2, -0.15) is 0 Å². The van der Waals surface area contributed by atoms with Crippen LogP contribution < -0.4 is 10.6 Å². The Bertz CT molecular complexity index is 422. The minimum absolute atomic E-state index is 0.446. The molecule has 0 bridgehead atoms. The van der Waals surface area contributed by atoms with Crippen LogP contribution in [-0.4, -0.2) is 42.6 Å². The van der Waals surface area contributed by atoms with Crippen LogP contribution in [0.1, 0.15) is 44.4 Å². The summed E-state index contributed by atoms with van der Waals surface area (Å²) in [5, 5.41) is 0. The molecule has 4 nitrogen and oxygen atoms in total. The van der Waals surface area contributed by atoms with E-state index in [-0.39, 0.29) is 0 Å². The lowest BCUT2D eigenvalue weighted by molar-refractivity contribution is 0.258. The summed E-state index contributed by atoms with van der Waals surface area (Å²) < 4.78 is 0. The van der Waals surface area contributed by atoms with Gasteiger partial charge in [0.25, 0.3) is 0 Å². The Labute approximate surface area is 123 Å². The summed E-state index contributed by atoms with van der Waals surface area (Å²) in [4.78, 5) is 9.76. The molecule has 1 aromatic heterocycles. The molecule has 0 aromatic carbocycles. The molecule has 0 unspecified atom stereocenters. The van der Waals surface area contributed by atoms with Crippen molar-refractivity contribution in [3.8, 4) is 0 Å². The second-order valence-electron chi connectivity index (χ2n) is 5.95. The van der Waals surface area contributed by atoms with Crippen molar-refractivity contribution >= 4 is 5.82 Å². The first-order valence-electron chi connectivity index (χ1n) is 7.82. The quantitative estimate of drug-likeness (QED) is 0.895. The van der Waals surface area contributed by atoms with Crippen LogP contribution in [0.3, 0.4) is 0 Å². The van der Waals surface area contributed by atoms with Gasteiger partial charge in [0.1, 0.15) is 5.82 Å². The van der Waals surface area contributed by atoms with Crippen LogP contribution in [-0.2, 0) is 6.54 Å². The minimum atomic E-state index is 0.446. The van der Waals surface area contributed by atoms with Crippen molar-refractivity contribution in [1.29, 1.82) is 0 Å². The van der Waals surface area contributed by atoms with Crippen LogP contribution in [0.4, 0.5) is 5.82 Å². The van der Waals surface area contributed by atoms with Crippen molar-refractivity contribution in [3.05, 3.63) is 23.4 Å². The van der Waals surface area contributed by atoms with Crippen LogP contribution in [0.2, 0.25) is 0 Å². The second-order valence-corrected chi connectivity index (χ2v) is 5.95. The average Bonchev–Trinajstić information content (AvgIpc) is 2.47. The lowest BCUT2D eigenvalue weighted by atomic mass is 10.1. The normalized spacial score (nSPS) is 16.9. The summed E-state index contributed by atoms with van der Waals surface area (Å²) in [6, 6.07) is 4.29. The van der Waals surface area contributed by atoms with Crippen LogP contribution >= 0.6 is 0 Å². The van der Waals surface area contributed by atoms with Crippen LogP contribution in [0.15, 0.2) is 12.1 Å². The van der Waals surface area contributed by atoms with E-state index in [9.17, 15) is 0 Å². The molecule has 2 N–H and O–H groups in total. The van der Waals surface area contributed by atoms with Gasteiger partial charge in [-0.15, -0.1) is 0 Å². The maximum Gasteiger partial charge on any atom is 0.129 e. The van der Waals surface area contributed by atoms with Gasteiger partial charge in [0.2, 0.25) is 0 Å². The van der Waals surface area contributed by atoms with Crippen molar-refractivity contribution in [2.45, 2.75) is 39.7 Å². The zero-order valence-corrected chi connectivity index (χ0v) is 13.1. The van der Waals surface area contributed by atoms with Crippen LogP contribution in [0.25, 0.3) is 0 Å². The number of hydrogen-bond acceptors (Lipinski definition) is 4. The molecule has 2 rings (SSSR count). The van der Waals surface area contributed by atoms with Crippen molar-refractivity contribution < 1.29 is 0 Å². The number of pyridine rings is 1. The number of rotatable bonds is 5. The van der Waals surface area contributed by atoms with E-state index in [1.54, 1.807) is 0 Å². The summed E-state index contributed by atoms with van der Waals surface area (Å²) in [6.07, 6.45) is 1.23. The highest BCUT2D eigenvalue weighted by Gasteiger charge is 2.18. The molecule has 2 heterocycles. The monoisotopic (exact) mass is 276 g/mol. The first kappa shape index (κ1) is 15.3. The Morgan fingerprint density at radius 1 is 1.20 bits per heavy atom. The number of aromatic nitrogens is 1. The molecule has 0 spiro atoms. The summed E-state index contributed by atoms with van der Waals surface area (Å²) in [7, 11) is 0. The predicted molar refractivity (Wildman–Crippen MR) is 85.2 cm³/mol. The summed E-state index contributed by atoms with van der Waals surface area (Å²) >= 11 is 0. The fourth-order valence-electron chi connectivity index (χ4n) is 2.69. The first-order valence-corrected chi connectivity index (χ1v) is 7.82. The van der Waals surface area contributed by atoms with E-state index in [1.165, 1.54) is 18.5 Å². The molecule has 0 aliphatic carbocycles. The minimum Gasteiger partial charge on any atom is -0.354 e. The van der Waals surface area contributed by atoms with Gasteiger partial charge in [-0.05, 0) is 36.6 Å². The molecule has 0 amide bonds. The molecule has 1 saturated heterocycles.